The molecule has 0 aliphatic heterocycles. The quantitative estimate of drug-likeness (QED) is 0.828. The molecule has 1 fully saturated rings. The molecule has 5 nitrogen and oxygen atoms in total. The van der Waals surface area contributed by atoms with Crippen molar-refractivity contribution in [3.8, 4) is 0 Å². The Hall–Kier alpha value is -0.980. The van der Waals surface area contributed by atoms with Crippen molar-refractivity contribution in [1.82, 2.24) is 19.9 Å². The third-order valence-corrected chi connectivity index (χ3v) is 5.61. The molecule has 23 heavy (non-hydrogen) atoms. The SMILES string of the molecule is CC1CCCCC1NC(=O)CSc1nnc2c(Cl)cc(Cl)cn12. The molecule has 1 N–H and O–H groups in total. The number of thioether (sulfide) groups is 1. The van der Waals surface area contributed by atoms with Gasteiger partial charge >= 0.3 is 0 Å². The molecule has 124 valence electrons. The molecular formula is C15H18Cl2N4OS. The van der Waals surface area contributed by atoms with Crippen molar-refractivity contribution < 1.29 is 4.79 Å². The first kappa shape index (κ1) is 16.9. The van der Waals surface area contributed by atoms with Gasteiger partial charge in [-0.2, -0.15) is 0 Å². The number of nitrogens with one attached hydrogen (secondary N) is 1. The lowest BCUT2D eigenvalue weighted by Gasteiger charge is -2.29. The minimum Gasteiger partial charge on any atom is -0.352 e. The second kappa shape index (κ2) is 7.28. The molecule has 2 aromatic heterocycles. The van der Waals surface area contributed by atoms with E-state index in [1.54, 1.807) is 16.7 Å². The number of hydrogen-bond donors (Lipinski definition) is 1. The van der Waals surface area contributed by atoms with Crippen molar-refractivity contribution in [1.29, 1.82) is 0 Å². The predicted molar refractivity (Wildman–Crippen MR) is 93.3 cm³/mol. The number of carbonyl (C=O) groups is 1. The van der Waals surface area contributed by atoms with Gasteiger partial charge in [-0.15, -0.1) is 10.2 Å². The van der Waals surface area contributed by atoms with Gasteiger partial charge in [0.2, 0.25) is 5.91 Å². The fourth-order valence-corrected chi connectivity index (χ4v) is 4.14. The van der Waals surface area contributed by atoms with Crippen LogP contribution < -0.4 is 5.32 Å². The summed E-state index contributed by atoms with van der Waals surface area (Å²) in [5, 5.41) is 12.8. The zero-order valence-electron chi connectivity index (χ0n) is 12.8. The highest BCUT2D eigenvalue weighted by molar-refractivity contribution is 7.99. The van der Waals surface area contributed by atoms with Crippen LogP contribution in [0.1, 0.15) is 32.6 Å². The summed E-state index contributed by atoms with van der Waals surface area (Å²) in [4.78, 5) is 12.2. The van der Waals surface area contributed by atoms with E-state index in [0.29, 0.717) is 32.5 Å². The summed E-state index contributed by atoms with van der Waals surface area (Å²) in [6.07, 6.45) is 6.40. The summed E-state index contributed by atoms with van der Waals surface area (Å²) in [7, 11) is 0. The maximum absolute atomic E-state index is 12.2. The van der Waals surface area contributed by atoms with E-state index in [2.05, 4.69) is 22.4 Å². The zero-order valence-corrected chi connectivity index (χ0v) is 15.1. The molecule has 1 saturated carbocycles. The molecule has 2 atom stereocenters. The van der Waals surface area contributed by atoms with Crippen LogP contribution in [-0.2, 0) is 4.79 Å². The van der Waals surface area contributed by atoms with Crippen molar-refractivity contribution >= 4 is 46.5 Å². The molecule has 2 unspecified atom stereocenters. The van der Waals surface area contributed by atoms with Crippen molar-refractivity contribution in [2.75, 3.05) is 5.75 Å². The van der Waals surface area contributed by atoms with Crippen molar-refractivity contribution in [2.24, 2.45) is 5.92 Å². The number of amides is 1. The molecule has 0 radical (unpaired) electrons. The normalized spacial score (nSPS) is 21.5. The van der Waals surface area contributed by atoms with Crippen LogP contribution in [0, 0.1) is 5.92 Å². The first-order valence-corrected chi connectivity index (χ1v) is 9.40. The Balaban J connectivity index is 1.63. The number of nitrogens with zero attached hydrogens (tertiary/aromatic N) is 3. The largest absolute Gasteiger partial charge is 0.352 e. The van der Waals surface area contributed by atoms with E-state index < -0.39 is 0 Å². The first-order valence-electron chi connectivity index (χ1n) is 7.66. The first-order chi connectivity index (χ1) is 11.0. The van der Waals surface area contributed by atoms with Gasteiger partial charge in [0.05, 0.1) is 15.8 Å². The average Bonchev–Trinajstić information content (AvgIpc) is 2.91. The van der Waals surface area contributed by atoms with Crippen LogP contribution in [0.4, 0.5) is 0 Å². The van der Waals surface area contributed by atoms with Crippen molar-refractivity contribution in [3.05, 3.63) is 22.3 Å². The molecule has 1 aliphatic carbocycles. The van der Waals surface area contributed by atoms with Gasteiger partial charge in [0.1, 0.15) is 0 Å². The van der Waals surface area contributed by atoms with Gasteiger partial charge in [0.25, 0.3) is 0 Å². The molecule has 2 aromatic rings. The number of aromatic nitrogens is 3. The van der Waals surface area contributed by atoms with E-state index >= 15 is 0 Å². The van der Waals surface area contributed by atoms with Gasteiger partial charge in [-0.05, 0) is 24.8 Å². The van der Waals surface area contributed by atoms with Gasteiger partial charge in [-0.3, -0.25) is 9.20 Å². The van der Waals surface area contributed by atoms with Crippen molar-refractivity contribution in [3.63, 3.8) is 0 Å². The van der Waals surface area contributed by atoms with E-state index in [1.165, 1.54) is 31.0 Å². The minimum atomic E-state index is 0.0265. The highest BCUT2D eigenvalue weighted by Gasteiger charge is 2.23. The fourth-order valence-electron chi connectivity index (χ4n) is 2.91. The molecule has 1 aliphatic rings. The molecule has 0 bridgehead atoms. The number of rotatable bonds is 4. The number of fused-ring (bicyclic) bond motifs is 1. The summed E-state index contributed by atoms with van der Waals surface area (Å²) in [6.45, 7) is 2.20. The summed E-state index contributed by atoms with van der Waals surface area (Å²) < 4.78 is 1.71. The molecule has 0 aromatic carbocycles. The third-order valence-electron chi connectivity index (χ3n) is 4.19. The highest BCUT2D eigenvalue weighted by atomic mass is 35.5. The lowest BCUT2D eigenvalue weighted by molar-refractivity contribution is -0.119. The van der Waals surface area contributed by atoms with Crippen LogP contribution in [0.5, 0.6) is 0 Å². The molecule has 0 saturated heterocycles. The van der Waals surface area contributed by atoms with E-state index in [4.69, 9.17) is 23.2 Å². The highest BCUT2D eigenvalue weighted by Crippen LogP contribution is 2.26. The topological polar surface area (TPSA) is 59.3 Å². The van der Waals surface area contributed by atoms with Crippen LogP contribution in [0.15, 0.2) is 17.4 Å². The molecule has 0 spiro atoms. The summed E-state index contributed by atoms with van der Waals surface area (Å²) in [5.41, 5.74) is 0.542. The predicted octanol–water partition coefficient (Wildman–Crippen LogP) is 3.82. The minimum absolute atomic E-state index is 0.0265. The second-order valence-corrected chi connectivity index (χ2v) is 7.69. The van der Waals surface area contributed by atoms with Gasteiger partial charge in [0, 0.05) is 12.2 Å². The Morgan fingerprint density at radius 2 is 2.17 bits per heavy atom. The van der Waals surface area contributed by atoms with Gasteiger partial charge in [-0.25, -0.2) is 0 Å². The van der Waals surface area contributed by atoms with E-state index in [9.17, 15) is 4.79 Å². The zero-order chi connectivity index (χ0) is 16.4. The molecule has 3 rings (SSSR count). The van der Waals surface area contributed by atoms with E-state index in [0.717, 1.165) is 6.42 Å². The number of carbonyl (C=O) groups excluding carboxylic acids is 1. The lowest BCUT2D eigenvalue weighted by Crippen LogP contribution is -2.41. The summed E-state index contributed by atoms with van der Waals surface area (Å²) in [6, 6.07) is 1.91. The Kier molecular flexibility index (Phi) is 5.34. The Morgan fingerprint density at radius 3 is 2.96 bits per heavy atom. The third kappa shape index (κ3) is 3.92. The van der Waals surface area contributed by atoms with Crippen LogP contribution >= 0.6 is 35.0 Å². The van der Waals surface area contributed by atoms with Crippen LogP contribution in [0.3, 0.4) is 0 Å². The monoisotopic (exact) mass is 372 g/mol. The number of halogens is 2. The van der Waals surface area contributed by atoms with E-state index in [-0.39, 0.29) is 11.9 Å². The number of pyridine rings is 1. The number of hydrogen-bond acceptors (Lipinski definition) is 4. The Labute approximate surface area is 149 Å². The maximum atomic E-state index is 12.2. The van der Waals surface area contributed by atoms with Crippen LogP contribution in [0.2, 0.25) is 10.0 Å². The standard InChI is InChI=1S/C15H18Cl2N4OS/c1-9-4-2-3-5-12(9)18-13(22)8-23-15-20-19-14-11(17)6-10(16)7-21(14)15/h6-7,9,12H,2-5,8H2,1H3,(H,18,22). The smallest absolute Gasteiger partial charge is 0.230 e. The Morgan fingerprint density at radius 1 is 1.39 bits per heavy atom. The van der Waals surface area contributed by atoms with Gasteiger partial charge < -0.3 is 5.32 Å². The molecule has 1 amide bonds. The molecule has 8 heteroatoms. The molecular weight excluding hydrogens is 355 g/mol. The van der Waals surface area contributed by atoms with Gasteiger partial charge in [-0.1, -0.05) is 54.7 Å². The molecule has 2 heterocycles. The second-order valence-electron chi connectivity index (χ2n) is 5.91. The Bertz CT molecular complexity index is 721. The van der Waals surface area contributed by atoms with Crippen LogP contribution in [-0.4, -0.2) is 32.3 Å². The van der Waals surface area contributed by atoms with Crippen LogP contribution in [0.25, 0.3) is 5.65 Å². The fraction of sp³-hybridized carbons (Fsp3) is 0.533. The average molecular weight is 373 g/mol. The van der Waals surface area contributed by atoms with Gasteiger partial charge in [0.15, 0.2) is 10.8 Å². The maximum Gasteiger partial charge on any atom is 0.230 e. The summed E-state index contributed by atoms with van der Waals surface area (Å²) >= 11 is 13.4. The summed E-state index contributed by atoms with van der Waals surface area (Å²) in [5.74, 6) is 0.872. The van der Waals surface area contributed by atoms with Crippen molar-refractivity contribution in [2.45, 2.75) is 43.8 Å². The van der Waals surface area contributed by atoms with E-state index in [1.807, 2.05) is 0 Å². The lowest BCUT2D eigenvalue weighted by atomic mass is 9.86.